The van der Waals surface area contributed by atoms with Gasteiger partial charge in [0.2, 0.25) is 0 Å². The molecule has 0 fully saturated rings. The highest BCUT2D eigenvalue weighted by atomic mass is 15.1. The summed E-state index contributed by atoms with van der Waals surface area (Å²) in [5.74, 6) is 0. The zero-order valence-electron chi connectivity index (χ0n) is 78.5. The number of pyridine rings is 2. The zero-order valence-corrected chi connectivity index (χ0v) is 78.5. The average molecular weight is 1850 g/mol. The molecule has 0 radical (unpaired) electrons. The number of aromatic nitrogens is 11. The molecule has 0 spiro atoms. The molecule has 11 aromatic heterocycles. The van der Waals surface area contributed by atoms with Gasteiger partial charge in [-0.25, -0.2) is 0 Å². The molecule has 0 saturated carbocycles. The third kappa shape index (κ3) is 12.4. The van der Waals surface area contributed by atoms with E-state index in [4.69, 9.17) is 0 Å². The molecule has 21 aromatic carbocycles. The van der Waals surface area contributed by atoms with Crippen LogP contribution in [0.1, 0.15) is 0 Å². The van der Waals surface area contributed by atoms with Crippen LogP contribution in [0, 0.1) is 0 Å². The second-order valence-corrected chi connectivity index (χ2v) is 37.9. The van der Waals surface area contributed by atoms with Crippen LogP contribution in [0.3, 0.4) is 0 Å². The first-order valence-corrected chi connectivity index (χ1v) is 49.6. The molecule has 0 aliphatic rings. The SMILES string of the molecule is c1ccc(-n2c3ccccc3c3ccc4c(c5ccccc5n4-c4cccc(-c5cccc(-n6c7ccccc7c7cnccc76)c5)c4)c32)cc1.c1ccc(-n2c3ccccc3c3ccc4c(c5ccccc5n4-c4cccc(-n5c6ccccc6c6ccccc65)c4)c32)cc1.c1ccc(-n2c3ccncc3c3cc(-n4c5ccccc5c5ccc6c(c7ccccc7n6-c6ccc7ccccc7c6)c54)ccc32)cc1. The van der Waals surface area contributed by atoms with Crippen molar-refractivity contribution in [2.75, 3.05) is 0 Å². The van der Waals surface area contributed by atoms with E-state index in [1.54, 1.807) is 0 Å². The van der Waals surface area contributed by atoms with Gasteiger partial charge in [-0.2, -0.15) is 0 Å². The second kappa shape index (κ2) is 32.5. The average Bonchev–Trinajstić information content (AvgIpc) is 1.54. The Hall–Kier alpha value is -19.6. The van der Waals surface area contributed by atoms with Crippen LogP contribution in [-0.2, 0) is 0 Å². The number of rotatable bonds is 10. The van der Waals surface area contributed by atoms with Crippen LogP contribution in [-0.4, -0.2) is 51.1 Å². The summed E-state index contributed by atoms with van der Waals surface area (Å²) >= 11 is 0. The normalized spacial score (nSPS) is 12.0. The molecule has 0 atom stereocenters. The topological polar surface area (TPSA) is 70.2 Å². The van der Waals surface area contributed by atoms with Gasteiger partial charge in [-0.1, -0.05) is 297 Å². The Morgan fingerprint density at radius 3 is 0.779 bits per heavy atom. The standard InChI is InChI=1S/C47H30N4.C45H28N4.C42H27N3/c1-2-14-33(15-3-1)51-42-22-8-4-18-36(42)38-24-25-45-46(47(38)51)39-20-6-9-23-43(39)50(45)35-17-11-13-32(29-35)31-12-10-16-34(28-31)49-41-21-7-5-19-37(41)40-30-48-27-26-44(40)49;1-2-12-31(13-3-1)47-41-22-20-33(27-37(41)38-28-46-25-24-42(38)47)49-39-16-8-6-14-34(39)35-21-23-43-44(45(35)49)36-15-7-9-17-40(36)48(43)32-19-18-29-10-4-5-11-30(29)26-32;1-2-13-28(14-3-1)45-38-23-10-6-19-33(38)34-25-26-40-41(42(34)45)35-20-7-11-24-39(35)44(40)30-16-12-15-29(27-30)43-36-21-8-4-17-31(36)32-18-5-9-22-37(32)43/h1-30H;1-28H;1-27H. The Bertz CT molecular complexity index is 10900. The fraction of sp³-hybridized carbons (Fsp3) is 0. The summed E-state index contributed by atoms with van der Waals surface area (Å²) in [6.45, 7) is 0. The Labute approximate surface area is 830 Å². The number of nitrogens with zero attached hydrogens (tertiary/aromatic N) is 11. The molecule has 32 rings (SSSR count). The minimum atomic E-state index is 1.13. The summed E-state index contributed by atoms with van der Waals surface area (Å²) in [7, 11) is 0. The van der Waals surface area contributed by atoms with Crippen LogP contribution in [0.25, 0.3) is 269 Å². The minimum absolute atomic E-state index is 1.13. The smallest absolute Gasteiger partial charge is 0.0641 e. The zero-order chi connectivity index (χ0) is 95.0. The molecule has 32 aromatic rings. The van der Waals surface area contributed by atoms with Crippen molar-refractivity contribution in [3.05, 3.63) is 516 Å². The van der Waals surface area contributed by atoms with Crippen molar-refractivity contribution in [1.82, 2.24) is 51.1 Å². The quantitative estimate of drug-likeness (QED) is 0.137. The molecule has 0 amide bonds. The Kier molecular flexibility index (Phi) is 18.2. The molecule has 0 N–H and O–H groups in total. The van der Waals surface area contributed by atoms with Gasteiger partial charge in [0, 0.05) is 173 Å². The highest BCUT2D eigenvalue weighted by molar-refractivity contribution is 6.30. The van der Waals surface area contributed by atoms with Crippen molar-refractivity contribution < 1.29 is 0 Å². The Morgan fingerprint density at radius 1 is 0.124 bits per heavy atom. The molecular formula is C134H85N11. The number of hydrogen-bond acceptors (Lipinski definition) is 2. The molecule has 0 bridgehead atoms. The van der Waals surface area contributed by atoms with E-state index in [-0.39, 0.29) is 0 Å². The predicted octanol–water partition coefficient (Wildman–Crippen LogP) is 34.5. The van der Waals surface area contributed by atoms with Gasteiger partial charge >= 0.3 is 0 Å². The van der Waals surface area contributed by atoms with Crippen LogP contribution in [0.4, 0.5) is 0 Å². The fourth-order valence-corrected chi connectivity index (χ4v) is 24.2. The van der Waals surface area contributed by atoms with Crippen molar-refractivity contribution in [2.45, 2.75) is 0 Å². The molecule has 676 valence electrons. The van der Waals surface area contributed by atoms with E-state index in [2.05, 4.69) is 542 Å². The van der Waals surface area contributed by atoms with Gasteiger partial charge in [0.25, 0.3) is 0 Å². The number of fused-ring (bicyclic) bond motifs is 31. The lowest BCUT2D eigenvalue weighted by atomic mass is 10.0. The molecule has 0 aliphatic heterocycles. The Balaban J connectivity index is 0.000000101. The second-order valence-electron chi connectivity index (χ2n) is 37.9. The third-order valence-electron chi connectivity index (χ3n) is 30.2. The van der Waals surface area contributed by atoms with E-state index in [0.717, 1.165) is 72.8 Å². The largest absolute Gasteiger partial charge is 0.309 e. The van der Waals surface area contributed by atoms with Crippen LogP contribution in [0.5, 0.6) is 0 Å². The van der Waals surface area contributed by atoms with Crippen molar-refractivity contribution in [2.24, 2.45) is 0 Å². The van der Waals surface area contributed by atoms with Crippen LogP contribution >= 0.6 is 0 Å². The van der Waals surface area contributed by atoms with Crippen molar-refractivity contribution in [3.8, 4) is 62.3 Å². The highest BCUT2D eigenvalue weighted by Gasteiger charge is 2.28. The van der Waals surface area contributed by atoms with E-state index in [1.165, 1.54) is 197 Å². The number of hydrogen-bond donors (Lipinski definition) is 0. The van der Waals surface area contributed by atoms with Gasteiger partial charge in [0.15, 0.2) is 0 Å². The number of para-hydroxylation sites is 12. The summed E-state index contributed by atoms with van der Waals surface area (Å²) in [5.41, 5.74) is 34.2. The van der Waals surface area contributed by atoms with Gasteiger partial charge < -0.3 is 41.1 Å². The summed E-state index contributed by atoms with van der Waals surface area (Å²) in [6.07, 6.45) is 7.74. The number of benzene rings is 21. The molecule has 11 heteroatoms. The fourth-order valence-electron chi connectivity index (χ4n) is 24.2. The molecular weight excluding hydrogens is 1760 g/mol. The predicted molar refractivity (Wildman–Crippen MR) is 607 cm³/mol. The summed E-state index contributed by atoms with van der Waals surface area (Å²) < 4.78 is 21.8. The molecule has 11 heterocycles. The van der Waals surface area contributed by atoms with Gasteiger partial charge in [0.05, 0.1) is 99.3 Å². The van der Waals surface area contributed by atoms with Crippen molar-refractivity contribution >= 4 is 207 Å². The van der Waals surface area contributed by atoms with Crippen molar-refractivity contribution in [1.29, 1.82) is 0 Å². The van der Waals surface area contributed by atoms with Gasteiger partial charge in [-0.15, -0.1) is 0 Å². The van der Waals surface area contributed by atoms with Crippen LogP contribution in [0.15, 0.2) is 516 Å². The summed E-state index contributed by atoms with van der Waals surface area (Å²) in [4.78, 5) is 9.01. The van der Waals surface area contributed by atoms with Gasteiger partial charge in [-0.3, -0.25) is 9.97 Å². The lowest BCUT2D eigenvalue weighted by molar-refractivity contribution is 1.13. The maximum atomic E-state index is 4.56. The highest BCUT2D eigenvalue weighted by Crippen LogP contribution is 2.49. The summed E-state index contributed by atoms with van der Waals surface area (Å²) in [6, 6.07) is 178. The third-order valence-corrected chi connectivity index (χ3v) is 30.2. The van der Waals surface area contributed by atoms with Gasteiger partial charge in [-0.05, 0) is 216 Å². The monoisotopic (exact) mass is 1850 g/mol. The molecule has 145 heavy (non-hydrogen) atoms. The maximum absolute atomic E-state index is 4.56. The lowest BCUT2D eigenvalue weighted by Crippen LogP contribution is -1.98. The molecule has 0 saturated heterocycles. The minimum Gasteiger partial charge on any atom is -0.309 e. The van der Waals surface area contributed by atoms with E-state index >= 15 is 0 Å². The van der Waals surface area contributed by atoms with Gasteiger partial charge in [0.1, 0.15) is 0 Å². The van der Waals surface area contributed by atoms with E-state index < -0.39 is 0 Å². The molecule has 0 aliphatic carbocycles. The first-order chi connectivity index (χ1) is 72.0. The van der Waals surface area contributed by atoms with E-state index in [9.17, 15) is 0 Å². The maximum Gasteiger partial charge on any atom is 0.0641 e. The Morgan fingerprint density at radius 2 is 0.372 bits per heavy atom. The van der Waals surface area contributed by atoms with Crippen LogP contribution in [0.2, 0.25) is 0 Å². The first-order valence-electron chi connectivity index (χ1n) is 49.6. The lowest BCUT2D eigenvalue weighted by Gasteiger charge is -2.13. The molecule has 0 unspecified atom stereocenters. The van der Waals surface area contributed by atoms with Crippen molar-refractivity contribution in [3.63, 3.8) is 0 Å². The van der Waals surface area contributed by atoms with Crippen LogP contribution < -0.4 is 0 Å². The van der Waals surface area contributed by atoms with E-state index in [1.807, 2.05) is 24.8 Å². The molecule has 11 nitrogen and oxygen atoms in total. The van der Waals surface area contributed by atoms with E-state index in [0.29, 0.717) is 0 Å². The first kappa shape index (κ1) is 81.4. The summed E-state index contributed by atoms with van der Waals surface area (Å²) in [5, 5.41) is 24.8.